The Balaban J connectivity index is 2.10. The molecule has 130 valence electrons. The fourth-order valence-corrected chi connectivity index (χ4v) is 3.03. The Morgan fingerprint density at radius 2 is 1.69 bits per heavy atom. The van der Waals surface area contributed by atoms with Crippen LogP contribution in [0.2, 0.25) is 0 Å². The van der Waals surface area contributed by atoms with Crippen molar-refractivity contribution >= 4 is 33.8 Å². The van der Waals surface area contributed by atoms with E-state index >= 15 is 0 Å². The van der Waals surface area contributed by atoms with E-state index < -0.39 is 0 Å². The normalized spacial score (nSPS) is 11.3. The summed E-state index contributed by atoms with van der Waals surface area (Å²) in [5.41, 5.74) is 6.88. The van der Waals surface area contributed by atoms with Crippen LogP contribution in [0.5, 0.6) is 0 Å². The van der Waals surface area contributed by atoms with Gasteiger partial charge in [0.15, 0.2) is 0 Å². The summed E-state index contributed by atoms with van der Waals surface area (Å²) < 4.78 is 0. The van der Waals surface area contributed by atoms with Crippen LogP contribution in [-0.4, -0.2) is 5.17 Å². The Labute approximate surface area is 159 Å². The molecule has 0 fully saturated rings. The van der Waals surface area contributed by atoms with Crippen molar-refractivity contribution < 1.29 is 0 Å². The Hall–Kier alpha value is -2.84. The van der Waals surface area contributed by atoms with Gasteiger partial charge in [0, 0.05) is 16.9 Å². The first-order chi connectivity index (χ1) is 12.5. The number of hydrogen-bond donors (Lipinski definition) is 1. The van der Waals surface area contributed by atoms with Gasteiger partial charge in [-0.25, -0.2) is 4.99 Å². The fraction of sp³-hybridized carbons (Fsp3) is 0.0870. The van der Waals surface area contributed by atoms with E-state index in [9.17, 15) is 0 Å². The summed E-state index contributed by atoms with van der Waals surface area (Å²) in [7, 11) is 0. The van der Waals surface area contributed by atoms with E-state index in [2.05, 4.69) is 54.1 Å². The van der Waals surface area contributed by atoms with Crippen LogP contribution in [0.25, 0.3) is 16.8 Å². The molecule has 3 aromatic rings. The van der Waals surface area contributed by atoms with Gasteiger partial charge in [0.05, 0.1) is 5.69 Å². The number of aryl methyl sites for hydroxylation is 1. The molecule has 0 bridgehead atoms. The molecule has 0 unspecified atom stereocenters. The summed E-state index contributed by atoms with van der Waals surface area (Å²) in [5, 5.41) is 3.90. The standard InChI is InChI=1S/C23H21ClN2/c1-16-9-7-12-20(15-16)25-17(2)23-21(19-10-5-4-6-11-19)13-8-14-22(23)26-18(3)24/h4-15,25H,2H2,1,3H3/b26-18+. The zero-order valence-corrected chi connectivity index (χ0v) is 15.7. The number of aliphatic imine (C=N–C) groups is 1. The first kappa shape index (κ1) is 18.0. The van der Waals surface area contributed by atoms with E-state index in [1.807, 2.05) is 42.5 Å². The maximum atomic E-state index is 6.07. The quantitative estimate of drug-likeness (QED) is 0.485. The number of halogens is 1. The van der Waals surface area contributed by atoms with Gasteiger partial charge in [-0.1, -0.05) is 72.8 Å². The molecule has 0 aliphatic rings. The van der Waals surface area contributed by atoms with Crippen LogP contribution < -0.4 is 5.32 Å². The molecule has 0 saturated heterocycles. The zero-order valence-electron chi connectivity index (χ0n) is 15.0. The van der Waals surface area contributed by atoms with E-state index in [4.69, 9.17) is 11.6 Å². The number of nitrogens with one attached hydrogen (secondary N) is 1. The number of benzene rings is 3. The second-order valence-corrected chi connectivity index (χ2v) is 6.69. The van der Waals surface area contributed by atoms with E-state index in [-0.39, 0.29) is 0 Å². The predicted octanol–water partition coefficient (Wildman–Crippen LogP) is 7.03. The maximum absolute atomic E-state index is 6.07. The maximum Gasteiger partial charge on any atom is 0.103 e. The third kappa shape index (κ3) is 4.22. The van der Waals surface area contributed by atoms with Gasteiger partial charge in [0.25, 0.3) is 0 Å². The molecule has 3 heteroatoms. The van der Waals surface area contributed by atoms with Crippen molar-refractivity contribution in [1.82, 2.24) is 0 Å². The number of rotatable bonds is 5. The van der Waals surface area contributed by atoms with Crippen molar-refractivity contribution in [2.75, 3.05) is 5.32 Å². The lowest BCUT2D eigenvalue weighted by atomic mass is 9.96. The summed E-state index contributed by atoms with van der Waals surface area (Å²) in [4.78, 5) is 4.51. The third-order valence-electron chi connectivity index (χ3n) is 4.02. The minimum atomic E-state index is 0.486. The number of nitrogens with zero attached hydrogens (tertiary/aromatic N) is 1. The number of hydrogen-bond acceptors (Lipinski definition) is 2. The largest absolute Gasteiger partial charge is 0.355 e. The Kier molecular flexibility index (Phi) is 5.55. The van der Waals surface area contributed by atoms with Gasteiger partial charge in [0.1, 0.15) is 5.17 Å². The highest BCUT2D eigenvalue weighted by Crippen LogP contribution is 2.36. The summed E-state index contributed by atoms with van der Waals surface area (Å²) in [6.07, 6.45) is 0. The molecule has 0 aliphatic heterocycles. The Morgan fingerprint density at radius 1 is 0.962 bits per heavy atom. The van der Waals surface area contributed by atoms with Gasteiger partial charge in [-0.2, -0.15) is 0 Å². The minimum absolute atomic E-state index is 0.486. The van der Waals surface area contributed by atoms with Gasteiger partial charge in [-0.15, -0.1) is 0 Å². The third-order valence-corrected chi connectivity index (χ3v) is 4.10. The van der Waals surface area contributed by atoms with Gasteiger partial charge in [0.2, 0.25) is 0 Å². The monoisotopic (exact) mass is 360 g/mol. The van der Waals surface area contributed by atoms with Crippen molar-refractivity contribution in [1.29, 1.82) is 0 Å². The lowest BCUT2D eigenvalue weighted by Gasteiger charge is -2.17. The second-order valence-electron chi connectivity index (χ2n) is 6.15. The molecule has 0 radical (unpaired) electrons. The van der Waals surface area contributed by atoms with Crippen molar-refractivity contribution in [2.45, 2.75) is 13.8 Å². The molecule has 0 spiro atoms. The lowest BCUT2D eigenvalue weighted by Crippen LogP contribution is -2.00. The summed E-state index contributed by atoms with van der Waals surface area (Å²) in [5.74, 6) is 0. The zero-order chi connectivity index (χ0) is 18.5. The molecule has 2 nitrogen and oxygen atoms in total. The molecule has 26 heavy (non-hydrogen) atoms. The smallest absolute Gasteiger partial charge is 0.103 e. The van der Waals surface area contributed by atoms with E-state index in [0.29, 0.717) is 5.17 Å². The highest BCUT2D eigenvalue weighted by molar-refractivity contribution is 6.65. The van der Waals surface area contributed by atoms with Gasteiger partial charge < -0.3 is 5.32 Å². The molecular formula is C23H21ClN2. The SMILES string of the molecule is C=C(Nc1cccc(C)c1)c1c(/N=C(\C)Cl)cccc1-c1ccccc1. The van der Waals surface area contributed by atoms with Crippen molar-refractivity contribution in [3.8, 4) is 11.1 Å². The highest BCUT2D eigenvalue weighted by Gasteiger charge is 2.13. The van der Waals surface area contributed by atoms with Crippen LogP contribution in [0.4, 0.5) is 11.4 Å². The Bertz CT molecular complexity index is 955. The van der Waals surface area contributed by atoms with Crippen LogP contribution >= 0.6 is 11.6 Å². The molecule has 3 aromatic carbocycles. The van der Waals surface area contributed by atoms with Gasteiger partial charge in [-0.3, -0.25) is 0 Å². The van der Waals surface area contributed by atoms with Gasteiger partial charge >= 0.3 is 0 Å². The highest BCUT2D eigenvalue weighted by atomic mass is 35.5. The summed E-state index contributed by atoms with van der Waals surface area (Å²) in [6.45, 7) is 8.12. The topological polar surface area (TPSA) is 24.4 Å². The van der Waals surface area contributed by atoms with E-state index in [1.165, 1.54) is 5.56 Å². The van der Waals surface area contributed by atoms with Gasteiger partial charge in [-0.05, 0) is 48.7 Å². The molecule has 0 atom stereocenters. The van der Waals surface area contributed by atoms with Crippen LogP contribution in [0, 0.1) is 6.92 Å². The average molecular weight is 361 g/mol. The van der Waals surface area contributed by atoms with E-state index in [0.717, 1.165) is 33.8 Å². The molecule has 0 saturated carbocycles. The molecule has 0 heterocycles. The summed E-state index contributed by atoms with van der Waals surface area (Å²) in [6, 6.07) is 24.5. The molecule has 0 aromatic heterocycles. The molecule has 0 amide bonds. The molecule has 1 N–H and O–H groups in total. The Morgan fingerprint density at radius 3 is 2.38 bits per heavy atom. The summed E-state index contributed by atoms with van der Waals surface area (Å²) >= 11 is 6.07. The van der Waals surface area contributed by atoms with Crippen LogP contribution in [0.15, 0.2) is 84.4 Å². The first-order valence-corrected chi connectivity index (χ1v) is 8.84. The van der Waals surface area contributed by atoms with Crippen molar-refractivity contribution in [3.63, 3.8) is 0 Å². The predicted molar refractivity (Wildman–Crippen MR) is 114 cm³/mol. The molecular weight excluding hydrogens is 340 g/mol. The fourth-order valence-electron chi connectivity index (χ4n) is 2.93. The van der Waals surface area contributed by atoms with E-state index in [1.54, 1.807) is 6.92 Å². The lowest BCUT2D eigenvalue weighted by molar-refractivity contribution is 1.43. The van der Waals surface area contributed by atoms with Crippen LogP contribution in [0.3, 0.4) is 0 Å². The van der Waals surface area contributed by atoms with Crippen molar-refractivity contribution in [3.05, 3.63) is 90.5 Å². The minimum Gasteiger partial charge on any atom is -0.355 e. The van der Waals surface area contributed by atoms with Crippen LogP contribution in [-0.2, 0) is 0 Å². The average Bonchev–Trinajstić information content (AvgIpc) is 2.61. The first-order valence-electron chi connectivity index (χ1n) is 8.47. The molecule has 0 aliphatic carbocycles. The van der Waals surface area contributed by atoms with Crippen LogP contribution in [0.1, 0.15) is 18.1 Å². The number of anilines is 1. The van der Waals surface area contributed by atoms with Crippen molar-refractivity contribution in [2.24, 2.45) is 4.99 Å². The molecule has 3 rings (SSSR count). The second kappa shape index (κ2) is 8.03.